The SMILES string of the molecule is [N-]=[N+]=Nc1ccccc1C(=O)OCC(=O)c1ccc(Cl)c(Cl)c1. The first kappa shape index (κ1) is 16.8. The van der Waals surface area contributed by atoms with Gasteiger partial charge in [0.1, 0.15) is 0 Å². The van der Waals surface area contributed by atoms with Crippen LogP contribution in [0.25, 0.3) is 10.4 Å². The van der Waals surface area contributed by atoms with E-state index in [0.717, 1.165) is 0 Å². The first-order valence-electron chi connectivity index (χ1n) is 6.32. The van der Waals surface area contributed by atoms with Crippen LogP contribution in [0.5, 0.6) is 0 Å². The summed E-state index contributed by atoms with van der Waals surface area (Å²) in [4.78, 5) is 26.6. The quantitative estimate of drug-likeness (QED) is 0.250. The molecule has 2 aromatic carbocycles. The predicted molar refractivity (Wildman–Crippen MR) is 86.3 cm³/mol. The Morgan fingerprint density at radius 1 is 1.13 bits per heavy atom. The summed E-state index contributed by atoms with van der Waals surface area (Å²) in [6, 6.07) is 10.5. The fraction of sp³-hybridized carbons (Fsp3) is 0.0667. The van der Waals surface area contributed by atoms with E-state index in [2.05, 4.69) is 10.0 Å². The van der Waals surface area contributed by atoms with Gasteiger partial charge in [-0.15, -0.1) is 0 Å². The lowest BCUT2D eigenvalue weighted by Gasteiger charge is -2.07. The summed E-state index contributed by atoms with van der Waals surface area (Å²) in [5, 5.41) is 3.95. The molecule has 23 heavy (non-hydrogen) atoms. The molecule has 0 aromatic heterocycles. The van der Waals surface area contributed by atoms with E-state index in [4.69, 9.17) is 33.5 Å². The monoisotopic (exact) mass is 349 g/mol. The Morgan fingerprint density at radius 2 is 1.87 bits per heavy atom. The number of esters is 1. The molecule has 2 rings (SSSR count). The second-order valence-corrected chi connectivity index (χ2v) is 5.15. The second kappa shape index (κ2) is 7.65. The number of hydrogen-bond donors (Lipinski definition) is 0. The van der Waals surface area contributed by atoms with Crippen LogP contribution in [-0.2, 0) is 4.74 Å². The van der Waals surface area contributed by atoms with Crippen LogP contribution in [0.1, 0.15) is 20.7 Å². The van der Waals surface area contributed by atoms with Gasteiger partial charge in [-0.3, -0.25) is 4.79 Å². The molecule has 8 heteroatoms. The molecule has 0 aliphatic carbocycles. The molecule has 0 atom stereocenters. The first-order chi connectivity index (χ1) is 11.0. The van der Waals surface area contributed by atoms with Gasteiger partial charge in [-0.25, -0.2) is 4.79 Å². The zero-order valence-electron chi connectivity index (χ0n) is 11.6. The van der Waals surface area contributed by atoms with E-state index in [9.17, 15) is 9.59 Å². The van der Waals surface area contributed by atoms with Gasteiger partial charge in [0.15, 0.2) is 12.4 Å². The fourth-order valence-corrected chi connectivity index (χ4v) is 2.04. The van der Waals surface area contributed by atoms with Crippen molar-refractivity contribution in [2.24, 2.45) is 5.11 Å². The Labute approximate surface area is 141 Å². The summed E-state index contributed by atoms with van der Waals surface area (Å²) in [7, 11) is 0. The number of azide groups is 1. The maximum atomic E-state index is 12.0. The summed E-state index contributed by atoms with van der Waals surface area (Å²) >= 11 is 11.6. The van der Waals surface area contributed by atoms with Crippen LogP contribution in [0.15, 0.2) is 47.6 Å². The van der Waals surface area contributed by atoms with Gasteiger partial charge in [0.25, 0.3) is 0 Å². The number of nitrogens with zero attached hydrogens (tertiary/aromatic N) is 3. The minimum atomic E-state index is -0.763. The summed E-state index contributed by atoms with van der Waals surface area (Å²) in [6.07, 6.45) is 0. The number of carbonyl (C=O) groups excluding carboxylic acids is 2. The minimum Gasteiger partial charge on any atom is -0.454 e. The van der Waals surface area contributed by atoms with Gasteiger partial charge in [0, 0.05) is 10.5 Å². The molecule has 0 N–H and O–H groups in total. The third-order valence-electron chi connectivity index (χ3n) is 2.85. The van der Waals surface area contributed by atoms with Crippen LogP contribution in [0.4, 0.5) is 5.69 Å². The number of carbonyl (C=O) groups is 2. The summed E-state index contributed by atoms with van der Waals surface area (Å²) in [5.41, 5.74) is 8.95. The molecule has 0 saturated carbocycles. The van der Waals surface area contributed by atoms with E-state index < -0.39 is 18.4 Å². The summed E-state index contributed by atoms with van der Waals surface area (Å²) in [5.74, 6) is -1.19. The van der Waals surface area contributed by atoms with Gasteiger partial charge in [-0.05, 0) is 29.8 Å². The number of benzene rings is 2. The van der Waals surface area contributed by atoms with E-state index in [1.807, 2.05) is 0 Å². The Balaban J connectivity index is 2.08. The van der Waals surface area contributed by atoms with Crippen LogP contribution >= 0.6 is 23.2 Å². The number of ketones is 1. The molecule has 6 nitrogen and oxygen atoms in total. The maximum Gasteiger partial charge on any atom is 0.339 e. The highest BCUT2D eigenvalue weighted by molar-refractivity contribution is 6.42. The van der Waals surface area contributed by atoms with Crippen LogP contribution < -0.4 is 0 Å². The molecule has 0 saturated heterocycles. The Hall–Kier alpha value is -2.53. The number of halogens is 2. The van der Waals surface area contributed by atoms with Crippen molar-refractivity contribution in [1.29, 1.82) is 0 Å². The van der Waals surface area contributed by atoms with Gasteiger partial charge in [-0.1, -0.05) is 46.5 Å². The normalized spacial score (nSPS) is 9.83. The van der Waals surface area contributed by atoms with Crippen molar-refractivity contribution in [1.82, 2.24) is 0 Å². The van der Waals surface area contributed by atoms with Gasteiger partial charge in [0.05, 0.1) is 21.3 Å². The Morgan fingerprint density at radius 3 is 2.57 bits per heavy atom. The molecule has 116 valence electrons. The lowest BCUT2D eigenvalue weighted by molar-refractivity contribution is 0.0475. The molecule has 0 heterocycles. The molecule has 2 aromatic rings. The zero-order chi connectivity index (χ0) is 16.8. The molecular formula is C15H9Cl2N3O3. The van der Waals surface area contributed by atoms with Crippen molar-refractivity contribution < 1.29 is 14.3 Å². The van der Waals surface area contributed by atoms with E-state index in [0.29, 0.717) is 5.02 Å². The number of hydrogen-bond acceptors (Lipinski definition) is 4. The molecule has 0 spiro atoms. The number of ether oxygens (including phenoxy) is 1. The summed E-state index contributed by atoms with van der Waals surface area (Å²) < 4.78 is 4.95. The minimum absolute atomic E-state index is 0.0761. The molecule has 0 bridgehead atoms. The van der Waals surface area contributed by atoms with Crippen molar-refractivity contribution >= 4 is 40.6 Å². The smallest absolute Gasteiger partial charge is 0.339 e. The molecule has 0 amide bonds. The van der Waals surface area contributed by atoms with Gasteiger partial charge in [0.2, 0.25) is 0 Å². The Kier molecular flexibility index (Phi) is 5.60. The number of Topliss-reactive ketones (excluding diaryl/α,β-unsaturated/α-hetero) is 1. The second-order valence-electron chi connectivity index (χ2n) is 4.33. The van der Waals surface area contributed by atoms with Crippen molar-refractivity contribution in [3.8, 4) is 0 Å². The number of rotatable bonds is 5. The standard InChI is InChI=1S/C15H9Cl2N3O3/c16-11-6-5-9(7-12(11)17)14(21)8-23-15(22)10-3-1-2-4-13(10)19-20-18/h1-7H,8H2. The molecular weight excluding hydrogens is 341 g/mol. The zero-order valence-corrected chi connectivity index (χ0v) is 13.1. The van der Waals surface area contributed by atoms with Crippen molar-refractivity contribution in [3.05, 3.63) is 74.1 Å². The van der Waals surface area contributed by atoms with E-state index >= 15 is 0 Å². The molecule has 0 aliphatic heterocycles. The van der Waals surface area contributed by atoms with Crippen molar-refractivity contribution in [2.45, 2.75) is 0 Å². The van der Waals surface area contributed by atoms with Crippen LogP contribution in [0.2, 0.25) is 10.0 Å². The lowest BCUT2D eigenvalue weighted by atomic mass is 10.1. The average Bonchev–Trinajstić information content (AvgIpc) is 2.55. The van der Waals surface area contributed by atoms with Crippen LogP contribution in [0, 0.1) is 0 Å². The first-order valence-corrected chi connectivity index (χ1v) is 7.08. The van der Waals surface area contributed by atoms with Crippen LogP contribution in [0.3, 0.4) is 0 Å². The maximum absolute atomic E-state index is 12.0. The third kappa shape index (κ3) is 4.23. The fourth-order valence-electron chi connectivity index (χ4n) is 1.74. The topological polar surface area (TPSA) is 92.1 Å². The van der Waals surface area contributed by atoms with Crippen LogP contribution in [-0.4, -0.2) is 18.4 Å². The van der Waals surface area contributed by atoms with Gasteiger partial charge < -0.3 is 4.74 Å². The van der Waals surface area contributed by atoms with Gasteiger partial charge >= 0.3 is 5.97 Å². The highest BCUT2D eigenvalue weighted by Crippen LogP contribution is 2.23. The molecule has 0 unspecified atom stereocenters. The molecule has 0 fully saturated rings. The van der Waals surface area contributed by atoms with Crippen molar-refractivity contribution in [2.75, 3.05) is 6.61 Å². The highest BCUT2D eigenvalue weighted by Gasteiger charge is 2.15. The highest BCUT2D eigenvalue weighted by atomic mass is 35.5. The average molecular weight is 350 g/mol. The molecule has 0 aliphatic rings. The van der Waals surface area contributed by atoms with E-state index in [1.165, 1.54) is 30.3 Å². The largest absolute Gasteiger partial charge is 0.454 e. The Bertz CT molecular complexity index is 817. The predicted octanol–water partition coefficient (Wildman–Crippen LogP) is 4.97. The summed E-state index contributed by atoms with van der Waals surface area (Å²) in [6.45, 7) is -0.471. The van der Waals surface area contributed by atoms with E-state index in [1.54, 1.807) is 12.1 Å². The van der Waals surface area contributed by atoms with E-state index in [-0.39, 0.29) is 21.8 Å². The lowest BCUT2D eigenvalue weighted by Crippen LogP contribution is -2.14. The van der Waals surface area contributed by atoms with Crippen molar-refractivity contribution in [3.63, 3.8) is 0 Å². The van der Waals surface area contributed by atoms with Gasteiger partial charge in [-0.2, -0.15) is 0 Å². The third-order valence-corrected chi connectivity index (χ3v) is 3.59. The molecule has 0 radical (unpaired) electrons.